The van der Waals surface area contributed by atoms with Crippen molar-refractivity contribution in [1.29, 1.82) is 0 Å². The summed E-state index contributed by atoms with van der Waals surface area (Å²) in [7, 11) is 5.60. The maximum atomic E-state index is 11.5. The molecule has 0 fully saturated rings. The number of benzene rings is 1. The normalized spacial score (nSPS) is 11.2. The molecule has 90 valence electrons. The molecule has 0 heterocycles. The largest absolute Gasteiger partial charge is 0.460 e. The van der Waals surface area contributed by atoms with Crippen LogP contribution in [0.5, 0.6) is 0 Å². The first kappa shape index (κ1) is 13.8. The quantitative estimate of drug-likeness (QED) is 0.585. The molecule has 2 nitrogen and oxygen atoms in total. The van der Waals surface area contributed by atoms with Crippen molar-refractivity contribution in [2.75, 3.05) is 0 Å². The smallest absolute Gasteiger partial charge is 0.306 e. The van der Waals surface area contributed by atoms with Gasteiger partial charge in [0.25, 0.3) is 0 Å². The SMILES string of the molecule is [B]c1ccc(CCCC(=O)OC(C)(C)C)cc1. The highest BCUT2D eigenvalue weighted by atomic mass is 16.6. The van der Waals surface area contributed by atoms with Gasteiger partial charge in [0.05, 0.1) is 0 Å². The summed E-state index contributed by atoms with van der Waals surface area (Å²) in [6.45, 7) is 5.64. The van der Waals surface area contributed by atoms with E-state index < -0.39 is 5.60 Å². The fourth-order valence-corrected chi connectivity index (χ4v) is 1.51. The van der Waals surface area contributed by atoms with Gasteiger partial charge in [-0.3, -0.25) is 4.79 Å². The van der Waals surface area contributed by atoms with Crippen LogP contribution in [0.4, 0.5) is 0 Å². The minimum atomic E-state index is -0.391. The lowest BCUT2D eigenvalue weighted by Crippen LogP contribution is -2.23. The van der Waals surface area contributed by atoms with Crippen LogP contribution in [0.1, 0.15) is 39.2 Å². The Morgan fingerprint density at radius 1 is 1.24 bits per heavy atom. The summed E-state index contributed by atoms with van der Waals surface area (Å²) in [5.74, 6) is -0.132. The van der Waals surface area contributed by atoms with E-state index in [1.165, 1.54) is 5.56 Å². The second-order valence-corrected chi connectivity index (χ2v) is 5.18. The zero-order valence-corrected chi connectivity index (χ0v) is 10.8. The molecule has 1 aromatic rings. The average molecular weight is 230 g/mol. The highest BCUT2D eigenvalue weighted by Gasteiger charge is 2.15. The monoisotopic (exact) mass is 230 g/mol. The Labute approximate surface area is 105 Å². The van der Waals surface area contributed by atoms with Crippen molar-refractivity contribution in [3.63, 3.8) is 0 Å². The van der Waals surface area contributed by atoms with Crippen LogP contribution < -0.4 is 5.46 Å². The molecule has 3 heteroatoms. The third kappa shape index (κ3) is 6.15. The first-order valence-corrected chi connectivity index (χ1v) is 5.93. The second kappa shape index (κ2) is 5.90. The topological polar surface area (TPSA) is 26.3 Å². The highest BCUT2D eigenvalue weighted by molar-refractivity contribution is 6.32. The third-order valence-electron chi connectivity index (χ3n) is 2.25. The molecule has 0 aliphatic rings. The maximum absolute atomic E-state index is 11.5. The van der Waals surface area contributed by atoms with Crippen LogP contribution in [-0.2, 0) is 16.0 Å². The molecule has 0 amide bonds. The van der Waals surface area contributed by atoms with Crippen LogP contribution in [0, 0.1) is 0 Å². The summed E-state index contributed by atoms with van der Waals surface area (Å²) in [5, 5.41) is 0. The zero-order chi connectivity index (χ0) is 12.9. The van der Waals surface area contributed by atoms with Gasteiger partial charge in [0.2, 0.25) is 0 Å². The third-order valence-corrected chi connectivity index (χ3v) is 2.25. The van der Waals surface area contributed by atoms with Gasteiger partial charge in [0.1, 0.15) is 13.4 Å². The summed E-state index contributed by atoms with van der Waals surface area (Å²) >= 11 is 0. The number of esters is 1. The number of rotatable bonds is 4. The standard InChI is InChI=1S/C14H19BO2/c1-14(2,3)17-13(16)6-4-5-11-7-9-12(15)10-8-11/h7-10H,4-6H2,1-3H3. The molecule has 1 rings (SSSR count). The van der Waals surface area contributed by atoms with Crippen molar-refractivity contribution >= 4 is 19.3 Å². The molecule has 0 unspecified atom stereocenters. The molecule has 0 spiro atoms. The van der Waals surface area contributed by atoms with E-state index in [-0.39, 0.29) is 5.97 Å². The lowest BCUT2D eigenvalue weighted by molar-refractivity contribution is -0.154. The molecule has 1 aromatic carbocycles. The number of hydrogen-bond donors (Lipinski definition) is 0. The van der Waals surface area contributed by atoms with Crippen molar-refractivity contribution in [2.24, 2.45) is 0 Å². The minimum Gasteiger partial charge on any atom is -0.460 e. The molecule has 0 aliphatic carbocycles. The molecule has 0 aliphatic heterocycles. The van der Waals surface area contributed by atoms with Crippen molar-refractivity contribution in [3.8, 4) is 0 Å². The van der Waals surface area contributed by atoms with Gasteiger partial charge in [-0.25, -0.2) is 0 Å². The molecule has 0 atom stereocenters. The van der Waals surface area contributed by atoms with E-state index in [2.05, 4.69) is 0 Å². The van der Waals surface area contributed by atoms with Crippen LogP contribution in [-0.4, -0.2) is 19.4 Å². The van der Waals surface area contributed by atoms with E-state index in [4.69, 9.17) is 12.6 Å². The number of ether oxygens (including phenoxy) is 1. The maximum Gasteiger partial charge on any atom is 0.306 e. The predicted octanol–water partition coefficient (Wildman–Crippen LogP) is 2.14. The van der Waals surface area contributed by atoms with E-state index >= 15 is 0 Å². The van der Waals surface area contributed by atoms with Gasteiger partial charge < -0.3 is 4.74 Å². The van der Waals surface area contributed by atoms with Gasteiger partial charge >= 0.3 is 5.97 Å². The molecule has 0 saturated heterocycles. The minimum absolute atomic E-state index is 0.132. The van der Waals surface area contributed by atoms with E-state index in [1.807, 2.05) is 45.0 Å². The summed E-state index contributed by atoms with van der Waals surface area (Å²) < 4.78 is 5.24. The van der Waals surface area contributed by atoms with Gasteiger partial charge in [-0.15, -0.1) is 0 Å². The van der Waals surface area contributed by atoms with Crippen molar-refractivity contribution in [1.82, 2.24) is 0 Å². The Morgan fingerprint density at radius 2 is 1.82 bits per heavy atom. The Balaban J connectivity index is 2.28. The van der Waals surface area contributed by atoms with Gasteiger partial charge in [-0.1, -0.05) is 29.7 Å². The zero-order valence-electron chi connectivity index (χ0n) is 10.8. The molecule has 0 bridgehead atoms. The van der Waals surface area contributed by atoms with Gasteiger partial charge in [-0.2, -0.15) is 0 Å². The predicted molar refractivity (Wildman–Crippen MR) is 70.6 cm³/mol. The number of carbonyl (C=O) groups is 1. The summed E-state index contributed by atoms with van der Waals surface area (Å²) in [4.78, 5) is 11.5. The molecule has 0 aromatic heterocycles. The molecule has 0 N–H and O–H groups in total. The van der Waals surface area contributed by atoms with E-state index in [9.17, 15) is 4.79 Å². The van der Waals surface area contributed by atoms with Crippen LogP contribution in [0.3, 0.4) is 0 Å². The molecule has 17 heavy (non-hydrogen) atoms. The fraction of sp³-hybridized carbons (Fsp3) is 0.500. The van der Waals surface area contributed by atoms with Crippen LogP contribution >= 0.6 is 0 Å². The van der Waals surface area contributed by atoms with Crippen LogP contribution in [0.15, 0.2) is 24.3 Å². The van der Waals surface area contributed by atoms with E-state index in [0.717, 1.165) is 18.3 Å². The highest BCUT2D eigenvalue weighted by Crippen LogP contribution is 2.10. The molecular weight excluding hydrogens is 211 g/mol. The Kier molecular flexibility index (Phi) is 4.79. The Hall–Kier alpha value is -1.25. The Bertz CT molecular complexity index is 363. The lowest BCUT2D eigenvalue weighted by Gasteiger charge is -2.19. The van der Waals surface area contributed by atoms with Crippen LogP contribution in [0.2, 0.25) is 0 Å². The first-order chi connectivity index (χ1) is 7.87. The molecule has 0 saturated carbocycles. The molecular formula is C14H19BO2. The van der Waals surface area contributed by atoms with Crippen molar-refractivity contribution in [3.05, 3.63) is 29.8 Å². The van der Waals surface area contributed by atoms with Gasteiger partial charge in [0, 0.05) is 6.42 Å². The summed E-state index contributed by atoms with van der Waals surface area (Å²) in [6.07, 6.45) is 2.14. The van der Waals surface area contributed by atoms with Gasteiger partial charge in [0.15, 0.2) is 0 Å². The average Bonchev–Trinajstić information content (AvgIpc) is 2.18. The van der Waals surface area contributed by atoms with Crippen molar-refractivity contribution in [2.45, 2.75) is 45.6 Å². The first-order valence-electron chi connectivity index (χ1n) is 5.93. The van der Waals surface area contributed by atoms with Gasteiger partial charge in [-0.05, 0) is 39.2 Å². The Morgan fingerprint density at radius 3 is 2.35 bits per heavy atom. The van der Waals surface area contributed by atoms with Crippen molar-refractivity contribution < 1.29 is 9.53 Å². The van der Waals surface area contributed by atoms with E-state index in [0.29, 0.717) is 6.42 Å². The number of carbonyl (C=O) groups excluding carboxylic acids is 1. The summed E-state index contributed by atoms with van der Waals surface area (Å²) in [5.41, 5.74) is 1.57. The fourth-order valence-electron chi connectivity index (χ4n) is 1.51. The molecule has 2 radical (unpaired) electrons. The number of aryl methyl sites for hydroxylation is 1. The number of hydrogen-bond acceptors (Lipinski definition) is 2. The van der Waals surface area contributed by atoms with Crippen LogP contribution in [0.25, 0.3) is 0 Å². The summed E-state index contributed by atoms with van der Waals surface area (Å²) in [6, 6.07) is 7.74. The lowest BCUT2D eigenvalue weighted by atomic mass is 9.94. The second-order valence-electron chi connectivity index (χ2n) is 5.18. The van der Waals surface area contributed by atoms with E-state index in [1.54, 1.807) is 0 Å².